The second-order valence-corrected chi connectivity index (χ2v) is 7.11. The molecule has 0 saturated carbocycles. The predicted molar refractivity (Wildman–Crippen MR) is 110 cm³/mol. The van der Waals surface area contributed by atoms with E-state index in [4.69, 9.17) is 14.2 Å². The third kappa shape index (κ3) is 5.46. The predicted octanol–water partition coefficient (Wildman–Crippen LogP) is 2.59. The van der Waals surface area contributed by atoms with Gasteiger partial charge >= 0.3 is 5.97 Å². The third-order valence-corrected chi connectivity index (χ3v) is 5.26. The molecule has 1 aromatic carbocycles. The van der Waals surface area contributed by atoms with Gasteiger partial charge in [0, 0.05) is 50.2 Å². The van der Waals surface area contributed by atoms with Crippen LogP contribution in [0.2, 0.25) is 0 Å². The fraction of sp³-hybridized carbons (Fsp3) is 0.455. The van der Waals surface area contributed by atoms with E-state index in [-0.39, 0.29) is 5.97 Å². The van der Waals surface area contributed by atoms with Crippen LogP contribution in [-0.2, 0) is 17.8 Å². The van der Waals surface area contributed by atoms with Gasteiger partial charge in [-0.2, -0.15) is 0 Å². The first-order chi connectivity index (χ1) is 14.1. The van der Waals surface area contributed by atoms with E-state index < -0.39 is 0 Å². The van der Waals surface area contributed by atoms with Gasteiger partial charge in [-0.1, -0.05) is 0 Å². The van der Waals surface area contributed by atoms with Crippen molar-refractivity contribution in [2.75, 3.05) is 47.5 Å². The first-order valence-corrected chi connectivity index (χ1v) is 9.81. The van der Waals surface area contributed by atoms with Gasteiger partial charge in [0.2, 0.25) is 0 Å². The van der Waals surface area contributed by atoms with Crippen molar-refractivity contribution in [2.45, 2.75) is 19.5 Å². The van der Waals surface area contributed by atoms with Crippen LogP contribution in [0.3, 0.4) is 0 Å². The van der Waals surface area contributed by atoms with Gasteiger partial charge < -0.3 is 14.2 Å². The van der Waals surface area contributed by atoms with Crippen molar-refractivity contribution in [3.63, 3.8) is 0 Å². The highest BCUT2D eigenvalue weighted by Crippen LogP contribution is 2.31. The van der Waals surface area contributed by atoms with E-state index in [9.17, 15) is 4.79 Å². The Kier molecular flexibility index (Phi) is 7.43. The average molecular weight is 399 g/mol. The normalized spacial score (nSPS) is 15.6. The minimum Gasteiger partial charge on any atom is -0.497 e. The number of carbonyl (C=O) groups excluding carboxylic acids is 1. The molecule has 2 heterocycles. The van der Waals surface area contributed by atoms with Gasteiger partial charge in [-0.15, -0.1) is 0 Å². The molecule has 0 spiro atoms. The number of hydrogen-bond donors (Lipinski definition) is 0. The molecule has 29 heavy (non-hydrogen) atoms. The maximum Gasteiger partial charge on any atom is 0.338 e. The van der Waals surface area contributed by atoms with Gasteiger partial charge in [0.05, 0.1) is 26.9 Å². The highest BCUT2D eigenvalue weighted by molar-refractivity contribution is 5.92. The largest absolute Gasteiger partial charge is 0.497 e. The van der Waals surface area contributed by atoms with Crippen molar-refractivity contribution in [3.8, 4) is 11.5 Å². The van der Waals surface area contributed by atoms with Crippen LogP contribution in [-0.4, -0.2) is 68.3 Å². The maximum absolute atomic E-state index is 12.4. The van der Waals surface area contributed by atoms with Crippen molar-refractivity contribution in [3.05, 3.63) is 53.3 Å². The number of aromatic nitrogens is 1. The van der Waals surface area contributed by atoms with Crippen molar-refractivity contribution in [1.29, 1.82) is 0 Å². The van der Waals surface area contributed by atoms with E-state index in [0.29, 0.717) is 23.6 Å². The second-order valence-electron chi connectivity index (χ2n) is 7.11. The lowest BCUT2D eigenvalue weighted by molar-refractivity contribution is 0.0597. The Morgan fingerprint density at radius 1 is 0.966 bits per heavy atom. The number of carbonyl (C=O) groups is 1. The van der Waals surface area contributed by atoms with Crippen molar-refractivity contribution in [1.82, 2.24) is 14.8 Å². The van der Waals surface area contributed by atoms with Crippen LogP contribution < -0.4 is 9.47 Å². The Labute approximate surface area is 172 Å². The number of benzene rings is 1. The SMILES string of the molecule is COC(=O)c1cc(OC)cc(OC)c1CN1CCCN(Cc2ccncc2)CC1. The molecule has 1 fully saturated rings. The summed E-state index contributed by atoms with van der Waals surface area (Å²) in [6, 6.07) is 7.66. The molecule has 1 aromatic heterocycles. The van der Waals surface area contributed by atoms with Crippen LogP contribution in [0.5, 0.6) is 11.5 Å². The fourth-order valence-electron chi connectivity index (χ4n) is 3.69. The van der Waals surface area contributed by atoms with Gasteiger partial charge in [-0.25, -0.2) is 4.79 Å². The molecule has 0 unspecified atom stereocenters. The number of esters is 1. The Balaban J connectivity index is 1.73. The van der Waals surface area contributed by atoms with E-state index in [1.54, 1.807) is 20.3 Å². The van der Waals surface area contributed by atoms with Gasteiger partial charge in [-0.3, -0.25) is 14.8 Å². The quantitative estimate of drug-likeness (QED) is 0.663. The zero-order valence-electron chi connectivity index (χ0n) is 17.4. The summed E-state index contributed by atoms with van der Waals surface area (Å²) in [4.78, 5) is 21.3. The van der Waals surface area contributed by atoms with Crippen molar-refractivity contribution in [2.24, 2.45) is 0 Å². The number of rotatable bonds is 7. The molecule has 0 bridgehead atoms. The fourth-order valence-corrected chi connectivity index (χ4v) is 3.69. The standard InChI is InChI=1S/C22H29N3O4/c1-27-18-13-19(22(26)29-3)20(21(14-18)28-2)16-25-10-4-9-24(11-12-25)15-17-5-7-23-8-6-17/h5-8,13-14H,4,9-12,15-16H2,1-3H3. The highest BCUT2D eigenvalue weighted by atomic mass is 16.5. The summed E-state index contributed by atoms with van der Waals surface area (Å²) >= 11 is 0. The number of ether oxygens (including phenoxy) is 3. The molecule has 156 valence electrons. The monoisotopic (exact) mass is 399 g/mol. The van der Waals surface area contributed by atoms with E-state index in [1.165, 1.54) is 12.7 Å². The number of methoxy groups -OCH3 is 3. The molecule has 2 aromatic rings. The Hall–Kier alpha value is -2.64. The lowest BCUT2D eigenvalue weighted by atomic mass is 10.0. The molecule has 0 radical (unpaired) electrons. The number of nitrogens with zero attached hydrogens (tertiary/aromatic N) is 3. The van der Waals surface area contributed by atoms with Crippen LogP contribution in [0.1, 0.15) is 27.9 Å². The topological polar surface area (TPSA) is 64.1 Å². The Morgan fingerprint density at radius 2 is 1.66 bits per heavy atom. The zero-order valence-corrected chi connectivity index (χ0v) is 17.4. The molecule has 0 N–H and O–H groups in total. The third-order valence-electron chi connectivity index (χ3n) is 5.26. The molecular weight excluding hydrogens is 370 g/mol. The summed E-state index contributed by atoms with van der Waals surface area (Å²) in [6.45, 7) is 5.44. The summed E-state index contributed by atoms with van der Waals surface area (Å²) in [5, 5.41) is 0. The van der Waals surface area contributed by atoms with Gasteiger partial charge in [-0.05, 0) is 43.3 Å². The molecule has 1 saturated heterocycles. The molecule has 0 amide bonds. The van der Waals surface area contributed by atoms with Crippen LogP contribution in [0.4, 0.5) is 0 Å². The van der Waals surface area contributed by atoms with Crippen molar-refractivity contribution >= 4 is 5.97 Å². The van der Waals surface area contributed by atoms with Crippen LogP contribution in [0.25, 0.3) is 0 Å². The molecule has 3 rings (SSSR count). The lowest BCUT2D eigenvalue weighted by Crippen LogP contribution is -2.31. The molecule has 1 aliphatic heterocycles. The van der Waals surface area contributed by atoms with Gasteiger partial charge in [0.15, 0.2) is 0 Å². The van der Waals surface area contributed by atoms with Crippen LogP contribution in [0, 0.1) is 0 Å². The van der Waals surface area contributed by atoms with Gasteiger partial charge in [0.25, 0.3) is 0 Å². The van der Waals surface area contributed by atoms with Crippen molar-refractivity contribution < 1.29 is 19.0 Å². The molecule has 0 atom stereocenters. The number of hydrogen-bond acceptors (Lipinski definition) is 7. The lowest BCUT2D eigenvalue weighted by Gasteiger charge is -2.24. The molecular formula is C22H29N3O4. The summed E-state index contributed by atoms with van der Waals surface area (Å²) in [6.07, 6.45) is 4.74. The maximum atomic E-state index is 12.4. The molecule has 0 aliphatic carbocycles. The summed E-state index contributed by atoms with van der Waals surface area (Å²) in [5.74, 6) is 0.833. The average Bonchev–Trinajstić information content (AvgIpc) is 2.99. The van der Waals surface area contributed by atoms with Crippen LogP contribution >= 0.6 is 0 Å². The number of pyridine rings is 1. The molecule has 1 aliphatic rings. The highest BCUT2D eigenvalue weighted by Gasteiger charge is 2.22. The smallest absolute Gasteiger partial charge is 0.338 e. The minimum absolute atomic E-state index is 0.383. The minimum atomic E-state index is -0.383. The summed E-state index contributed by atoms with van der Waals surface area (Å²) < 4.78 is 15.9. The van der Waals surface area contributed by atoms with Gasteiger partial charge in [0.1, 0.15) is 11.5 Å². The Morgan fingerprint density at radius 3 is 2.28 bits per heavy atom. The van der Waals surface area contributed by atoms with E-state index in [2.05, 4.69) is 26.9 Å². The molecule has 7 heteroatoms. The Bertz CT molecular complexity index is 813. The zero-order chi connectivity index (χ0) is 20.6. The van der Waals surface area contributed by atoms with Crippen LogP contribution in [0.15, 0.2) is 36.7 Å². The van der Waals surface area contributed by atoms with E-state index in [1.807, 2.05) is 18.5 Å². The van der Waals surface area contributed by atoms with E-state index in [0.717, 1.165) is 44.7 Å². The second kappa shape index (κ2) is 10.2. The van der Waals surface area contributed by atoms with E-state index >= 15 is 0 Å². The molecule has 7 nitrogen and oxygen atoms in total. The first-order valence-electron chi connectivity index (χ1n) is 9.81. The summed E-state index contributed by atoms with van der Waals surface area (Å²) in [5.41, 5.74) is 2.60. The first kappa shape index (κ1) is 21.1. The summed E-state index contributed by atoms with van der Waals surface area (Å²) in [7, 11) is 4.57.